The van der Waals surface area contributed by atoms with Crippen molar-refractivity contribution in [1.82, 2.24) is 15.1 Å². The van der Waals surface area contributed by atoms with E-state index in [4.69, 9.17) is 23.2 Å². The van der Waals surface area contributed by atoms with Crippen molar-refractivity contribution < 1.29 is 0 Å². The van der Waals surface area contributed by atoms with Crippen LogP contribution in [0.5, 0.6) is 0 Å². The molecule has 1 aliphatic carbocycles. The van der Waals surface area contributed by atoms with Crippen molar-refractivity contribution in [3.8, 4) is 0 Å². The summed E-state index contributed by atoms with van der Waals surface area (Å²) in [5.74, 6) is 0. The largest absolute Gasteiger partial charge is 0.310 e. The third-order valence-electron chi connectivity index (χ3n) is 3.59. The predicted molar refractivity (Wildman–Crippen MR) is 82.4 cm³/mol. The Labute approximate surface area is 128 Å². The minimum Gasteiger partial charge on any atom is -0.310 e. The minimum atomic E-state index is 0.600. The second kappa shape index (κ2) is 5.76. The van der Waals surface area contributed by atoms with E-state index >= 15 is 0 Å². The van der Waals surface area contributed by atoms with Gasteiger partial charge in [-0.05, 0) is 31.9 Å². The minimum absolute atomic E-state index is 0.600. The molecule has 5 heteroatoms. The van der Waals surface area contributed by atoms with Crippen molar-refractivity contribution in [3.63, 3.8) is 0 Å². The van der Waals surface area contributed by atoms with Crippen molar-refractivity contribution in [2.75, 3.05) is 0 Å². The van der Waals surface area contributed by atoms with Crippen LogP contribution in [0.25, 0.3) is 0 Å². The van der Waals surface area contributed by atoms with Gasteiger partial charge < -0.3 is 5.32 Å². The monoisotopic (exact) mass is 309 g/mol. The highest BCUT2D eigenvalue weighted by Gasteiger charge is 2.20. The summed E-state index contributed by atoms with van der Waals surface area (Å²) in [6.07, 6.45) is 4.66. The molecule has 1 heterocycles. The van der Waals surface area contributed by atoms with Crippen molar-refractivity contribution in [2.45, 2.75) is 38.9 Å². The highest BCUT2D eigenvalue weighted by molar-refractivity contribution is 6.35. The van der Waals surface area contributed by atoms with Crippen LogP contribution in [-0.2, 0) is 13.1 Å². The maximum atomic E-state index is 6.20. The van der Waals surface area contributed by atoms with Crippen LogP contribution >= 0.6 is 23.2 Å². The third-order valence-corrected chi connectivity index (χ3v) is 4.30. The van der Waals surface area contributed by atoms with Crippen LogP contribution < -0.4 is 5.32 Å². The van der Waals surface area contributed by atoms with Gasteiger partial charge in [0.05, 0.1) is 12.2 Å². The first-order valence-electron chi connectivity index (χ1n) is 6.82. The molecule has 0 spiro atoms. The maximum Gasteiger partial charge on any atom is 0.0688 e. The number of hydrogen-bond donors (Lipinski definition) is 1. The summed E-state index contributed by atoms with van der Waals surface area (Å²) in [5.41, 5.74) is 3.21. The SMILES string of the molecule is Cc1nn(Cc2c(Cl)cccc2Cl)cc1CNC1CC1. The number of aryl methyl sites for hydroxylation is 1. The first-order valence-corrected chi connectivity index (χ1v) is 7.58. The fourth-order valence-electron chi connectivity index (χ4n) is 2.20. The molecule has 0 bridgehead atoms. The van der Waals surface area contributed by atoms with Gasteiger partial charge >= 0.3 is 0 Å². The summed E-state index contributed by atoms with van der Waals surface area (Å²) in [6.45, 7) is 3.52. The van der Waals surface area contributed by atoms with Crippen molar-refractivity contribution in [3.05, 3.63) is 51.3 Å². The van der Waals surface area contributed by atoms with Crippen LogP contribution in [0.4, 0.5) is 0 Å². The summed E-state index contributed by atoms with van der Waals surface area (Å²) < 4.78 is 1.91. The van der Waals surface area contributed by atoms with Crippen molar-refractivity contribution >= 4 is 23.2 Å². The van der Waals surface area contributed by atoms with Crippen molar-refractivity contribution in [2.24, 2.45) is 0 Å². The molecule has 20 heavy (non-hydrogen) atoms. The zero-order chi connectivity index (χ0) is 14.1. The molecule has 3 nitrogen and oxygen atoms in total. The topological polar surface area (TPSA) is 29.9 Å². The lowest BCUT2D eigenvalue weighted by atomic mass is 10.2. The number of rotatable bonds is 5. The summed E-state index contributed by atoms with van der Waals surface area (Å²) >= 11 is 12.4. The Morgan fingerprint density at radius 1 is 1.30 bits per heavy atom. The standard InChI is InChI=1S/C15H17Cl2N3/c1-10-11(7-18-12-5-6-12)8-20(19-10)9-13-14(16)3-2-4-15(13)17/h2-4,8,12,18H,5-7,9H2,1H3. The van der Waals surface area contributed by atoms with E-state index in [1.54, 1.807) is 0 Å². The number of aromatic nitrogens is 2. The molecular formula is C15H17Cl2N3. The molecule has 1 aromatic heterocycles. The number of nitrogens with one attached hydrogen (secondary N) is 1. The Kier molecular flexibility index (Phi) is 4.01. The van der Waals surface area contributed by atoms with E-state index in [9.17, 15) is 0 Å². The molecule has 106 valence electrons. The molecule has 0 saturated heterocycles. The molecule has 2 aromatic rings. The first kappa shape index (κ1) is 13.9. The van der Waals surface area contributed by atoms with Gasteiger partial charge in [0.2, 0.25) is 0 Å². The van der Waals surface area contributed by atoms with Gasteiger partial charge in [-0.15, -0.1) is 0 Å². The van der Waals surface area contributed by atoms with E-state index in [0.717, 1.165) is 17.8 Å². The fraction of sp³-hybridized carbons (Fsp3) is 0.400. The van der Waals surface area contributed by atoms with Crippen LogP contribution in [0, 0.1) is 6.92 Å². The normalized spacial score (nSPS) is 14.8. The van der Waals surface area contributed by atoms with Gasteiger partial charge in [-0.25, -0.2) is 0 Å². The zero-order valence-corrected chi connectivity index (χ0v) is 12.9. The van der Waals surface area contributed by atoms with Gasteiger partial charge in [0.25, 0.3) is 0 Å². The highest BCUT2D eigenvalue weighted by Crippen LogP contribution is 2.25. The molecule has 1 aliphatic rings. The van der Waals surface area contributed by atoms with E-state index in [-0.39, 0.29) is 0 Å². The molecule has 3 rings (SSSR count). The number of halogens is 2. The molecule has 1 aromatic carbocycles. The van der Waals surface area contributed by atoms with Crippen LogP contribution in [0.3, 0.4) is 0 Å². The second-order valence-electron chi connectivity index (χ2n) is 5.29. The molecule has 0 atom stereocenters. The molecule has 1 fully saturated rings. The predicted octanol–water partition coefficient (Wildman–Crippen LogP) is 3.80. The smallest absolute Gasteiger partial charge is 0.0688 e. The molecule has 0 radical (unpaired) electrons. The summed E-state index contributed by atoms with van der Waals surface area (Å²) in [5, 5.41) is 9.42. The Morgan fingerprint density at radius 2 is 2.00 bits per heavy atom. The van der Waals surface area contributed by atoms with Crippen molar-refractivity contribution in [1.29, 1.82) is 0 Å². The second-order valence-corrected chi connectivity index (χ2v) is 6.11. The van der Waals surface area contributed by atoms with Gasteiger partial charge in [0.1, 0.15) is 0 Å². The molecule has 0 aliphatic heterocycles. The summed E-state index contributed by atoms with van der Waals surface area (Å²) in [6, 6.07) is 6.27. The van der Waals surface area contributed by atoms with Gasteiger partial charge in [0, 0.05) is 40.0 Å². The van der Waals surface area contributed by atoms with Crippen LogP contribution in [0.15, 0.2) is 24.4 Å². The van der Waals surface area contributed by atoms with Gasteiger partial charge in [0.15, 0.2) is 0 Å². The molecular weight excluding hydrogens is 293 g/mol. The van der Waals surface area contributed by atoms with Gasteiger partial charge in [-0.3, -0.25) is 4.68 Å². The first-order chi connectivity index (χ1) is 9.63. The highest BCUT2D eigenvalue weighted by atomic mass is 35.5. The molecule has 0 unspecified atom stereocenters. The quantitative estimate of drug-likeness (QED) is 0.910. The van der Waals surface area contributed by atoms with Gasteiger partial charge in [-0.1, -0.05) is 29.3 Å². The van der Waals surface area contributed by atoms with E-state index in [2.05, 4.69) is 16.6 Å². The Bertz CT molecular complexity index is 597. The van der Waals surface area contributed by atoms with Gasteiger partial charge in [-0.2, -0.15) is 5.10 Å². The maximum absolute atomic E-state index is 6.20. The molecule has 1 N–H and O–H groups in total. The summed E-state index contributed by atoms with van der Waals surface area (Å²) in [7, 11) is 0. The lowest BCUT2D eigenvalue weighted by Gasteiger charge is -2.06. The molecule has 0 amide bonds. The Hall–Kier alpha value is -1.03. The average molecular weight is 310 g/mol. The average Bonchev–Trinajstić information content (AvgIpc) is 3.16. The third kappa shape index (κ3) is 3.17. The van der Waals surface area contributed by atoms with Crippen LogP contribution in [0.1, 0.15) is 29.7 Å². The van der Waals surface area contributed by atoms with E-state index < -0.39 is 0 Å². The van der Waals surface area contributed by atoms with E-state index in [1.165, 1.54) is 18.4 Å². The van der Waals surface area contributed by atoms with Crippen LogP contribution in [0.2, 0.25) is 10.0 Å². The summed E-state index contributed by atoms with van der Waals surface area (Å²) in [4.78, 5) is 0. The zero-order valence-electron chi connectivity index (χ0n) is 11.4. The fourth-order valence-corrected chi connectivity index (χ4v) is 2.72. The Balaban J connectivity index is 1.75. The van der Waals surface area contributed by atoms with Crippen LogP contribution in [-0.4, -0.2) is 15.8 Å². The number of benzene rings is 1. The Morgan fingerprint density at radius 3 is 2.65 bits per heavy atom. The number of nitrogens with zero attached hydrogens (tertiary/aromatic N) is 2. The lowest BCUT2D eigenvalue weighted by Crippen LogP contribution is -2.15. The van der Waals surface area contributed by atoms with E-state index in [1.807, 2.05) is 29.8 Å². The lowest BCUT2D eigenvalue weighted by molar-refractivity contribution is 0.674. The van der Waals surface area contributed by atoms with E-state index in [0.29, 0.717) is 22.6 Å². The molecule has 1 saturated carbocycles. The number of hydrogen-bond acceptors (Lipinski definition) is 2.